The van der Waals surface area contributed by atoms with Crippen LogP contribution in [-0.2, 0) is 16.6 Å². The molecule has 0 saturated carbocycles. The third kappa shape index (κ3) is 4.15. The molecule has 28 heavy (non-hydrogen) atoms. The molecule has 1 aromatic heterocycles. The van der Waals surface area contributed by atoms with Crippen LogP contribution in [0, 0.1) is 5.82 Å². The van der Waals surface area contributed by atoms with E-state index in [1.807, 2.05) is 11.4 Å². The maximum absolute atomic E-state index is 13.1. The number of hydrogen-bond donors (Lipinski definition) is 0. The van der Waals surface area contributed by atoms with Crippen molar-refractivity contribution < 1.29 is 12.8 Å². The Morgan fingerprint density at radius 3 is 2.32 bits per heavy atom. The molecule has 1 fully saturated rings. The van der Waals surface area contributed by atoms with Gasteiger partial charge in [0.2, 0.25) is 10.0 Å². The second kappa shape index (κ2) is 8.08. The number of benzene rings is 2. The average molecular weight is 418 g/mol. The van der Waals surface area contributed by atoms with Gasteiger partial charge in [0.1, 0.15) is 10.8 Å². The molecule has 0 spiro atoms. The summed E-state index contributed by atoms with van der Waals surface area (Å²) >= 11 is 1.53. The first kappa shape index (κ1) is 19.2. The molecule has 0 amide bonds. The summed E-state index contributed by atoms with van der Waals surface area (Å²) in [4.78, 5) is 7.19. The fourth-order valence-electron chi connectivity index (χ4n) is 3.20. The summed E-state index contributed by atoms with van der Waals surface area (Å²) in [5.74, 6) is -0.260. The van der Waals surface area contributed by atoms with E-state index in [1.54, 1.807) is 40.7 Å². The van der Waals surface area contributed by atoms with E-state index < -0.39 is 10.0 Å². The molecule has 8 heteroatoms. The van der Waals surface area contributed by atoms with Crippen LogP contribution in [0.15, 0.2) is 64.9 Å². The van der Waals surface area contributed by atoms with Crippen LogP contribution in [0.5, 0.6) is 0 Å². The van der Waals surface area contributed by atoms with E-state index >= 15 is 0 Å². The van der Waals surface area contributed by atoms with Crippen molar-refractivity contribution in [2.24, 2.45) is 0 Å². The van der Waals surface area contributed by atoms with Crippen LogP contribution in [0.4, 0.5) is 4.39 Å². The van der Waals surface area contributed by atoms with Crippen molar-refractivity contribution in [3.8, 4) is 10.6 Å². The molecule has 5 nitrogen and oxygen atoms in total. The lowest BCUT2D eigenvalue weighted by molar-refractivity contribution is 0.180. The zero-order valence-corrected chi connectivity index (χ0v) is 16.8. The molecule has 146 valence electrons. The number of sulfonamides is 1. The van der Waals surface area contributed by atoms with Gasteiger partial charge in [-0.05, 0) is 36.4 Å². The van der Waals surface area contributed by atoms with Crippen molar-refractivity contribution >= 4 is 21.4 Å². The van der Waals surface area contributed by atoms with Crippen LogP contribution in [0.3, 0.4) is 0 Å². The standard InChI is InChI=1S/C20H20FN3O2S2/c21-17-8-6-16(7-9-17)20-22-18(15-27-20)14-23-10-12-24(13-11-23)28(25,26)19-4-2-1-3-5-19/h1-9,15H,10-14H2. The Morgan fingerprint density at radius 1 is 0.964 bits per heavy atom. The second-order valence-electron chi connectivity index (χ2n) is 6.64. The van der Waals surface area contributed by atoms with Crippen LogP contribution in [-0.4, -0.2) is 48.8 Å². The SMILES string of the molecule is O=S(=O)(c1ccccc1)N1CCN(Cc2csc(-c3ccc(F)cc3)n2)CC1. The van der Waals surface area contributed by atoms with Crippen molar-refractivity contribution in [3.05, 3.63) is 71.5 Å². The average Bonchev–Trinajstić information content (AvgIpc) is 3.18. The second-order valence-corrected chi connectivity index (χ2v) is 9.44. The summed E-state index contributed by atoms with van der Waals surface area (Å²) in [6.07, 6.45) is 0. The smallest absolute Gasteiger partial charge is 0.243 e. The Hall–Kier alpha value is -2.13. The number of thiazole rings is 1. The number of rotatable bonds is 5. The van der Waals surface area contributed by atoms with E-state index in [0.717, 1.165) is 16.3 Å². The van der Waals surface area contributed by atoms with E-state index in [1.165, 1.54) is 23.5 Å². The highest BCUT2D eigenvalue weighted by atomic mass is 32.2. The quantitative estimate of drug-likeness (QED) is 0.638. The van der Waals surface area contributed by atoms with Crippen molar-refractivity contribution in [2.75, 3.05) is 26.2 Å². The number of piperazine rings is 1. The molecule has 0 N–H and O–H groups in total. The topological polar surface area (TPSA) is 53.5 Å². The molecule has 0 bridgehead atoms. The minimum Gasteiger partial charge on any atom is -0.295 e. The molecule has 1 aliphatic rings. The highest BCUT2D eigenvalue weighted by Crippen LogP contribution is 2.25. The van der Waals surface area contributed by atoms with Gasteiger partial charge in [-0.15, -0.1) is 11.3 Å². The number of halogens is 1. The largest absolute Gasteiger partial charge is 0.295 e. The summed E-state index contributed by atoms with van der Waals surface area (Å²) in [5.41, 5.74) is 1.85. The Labute approximate surface area is 168 Å². The Morgan fingerprint density at radius 2 is 1.64 bits per heavy atom. The van der Waals surface area contributed by atoms with Gasteiger partial charge in [-0.25, -0.2) is 17.8 Å². The molecular weight excluding hydrogens is 397 g/mol. The molecule has 0 atom stereocenters. The van der Waals surface area contributed by atoms with Gasteiger partial charge in [0, 0.05) is 43.7 Å². The zero-order valence-electron chi connectivity index (χ0n) is 15.2. The van der Waals surface area contributed by atoms with E-state index in [9.17, 15) is 12.8 Å². The van der Waals surface area contributed by atoms with E-state index in [4.69, 9.17) is 0 Å². The lowest BCUT2D eigenvalue weighted by Crippen LogP contribution is -2.48. The van der Waals surface area contributed by atoms with Crippen molar-refractivity contribution in [2.45, 2.75) is 11.4 Å². The van der Waals surface area contributed by atoms with Gasteiger partial charge in [-0.3, -0.25) is 4.90 Å². The molecule has 2 heterocycles. The van der Waals surface area contributed by atoms with Crippen molar-refractivity contribution in [3.63, 3.8) is 0 Å². The van der Waals surface area contributed by atoms with Gasteiger partial charge in [0.05, 0.1) is 10.6 Å². The molecule has 0 radical (unpaired) electrons. The van der Waals surface area contributed by atoms with E-state index in [-0.39, 0.29) is 5.82 Å². The first-order chi connectivity index (χ1) is 13.5. The van der Waals surface area contributed by atoms with Crippen LogP contribution in [0.25, 0.3) is 10.6 Å². The summed E-state index contributed by atoms with van der Waals surface area (Å²) in [5, 5.41) is 2.87. The highest BCUT2D eigenvalue weighted by Gasteiger charge is 2.28. The van der Waals surface area contributed by atoms with Gasteiger partial charge >= 0.3 is 0 Å². The first-order valence-corrected chi connectivity index (χ1v) is 11.3. The molecule has 1 aliphatic heterocycles. The summed E-state index contributed by atoms with van der Waals surface area (Å²) in [7, 11) is -3.43. The molecule has 3 aromatic rings. The first-order valence-electron chi connectivity index (χ1n) is 9.00. The number of aromatic nitrogens is 1. The van der Waals surface area contributed by atoms with Crippen LogP contribution in [0.2, 0.25) is 0 Å². The Balaban J connectivity index is 1.37. The third-order valence-electron chi connectivity index (χ3n) is 4.74. The normalized spacial score (nSPS) is 16.3. The lowest BCUT2D eigenvalue weighted by Gasteiger charge is -2.33. The minimum absolute atomic E-state index is 0.260. The minimum atomic E-state index is -3.43. The summed E-state index contributed by atoms with van der Waals surface area (Å²) in [6.45, 7) is 2.93. The predicted molar refractivity (Wildman–Crippen MR) is 108 cm³/mol. The summed E-state index contributed by atoms with van der Waals surface area (Å²) in [6, 6.07) is 14.9. The Bertz CT molecular complexity index is 1030. The van der Waals surface area contributed by atoms with Crippen molar-refractivity contribution in [1.82, 2.24) is 14.2 Å². The highest BCUT2D eigenvalue weighted by molar-refractivity contribution is 7.89. The maximum Gasteiger partial charge on any atom is 0.243 e. The van der Waals surface area contributed by atoms with E-state index in [0.29, 0.717) is 37.6 Å². The van der Waals surface area contributed by atoms with Gasteiger partial charge in [-0.2, -0.15) is 4.31 Å². The summed E-state index contributed by atoms with van der Waals surface area (Å²) < 4.78 is 40.0. The molecule has 0 aliphatic carbocycles. The zero-order chi connectivity index (χ0) is 19.6. The lowest BCUT2D eigenvalue weighted by atomic mass is 10.2. The Kier molecular flexibility index (Phi) is 5.54. The van der Waals surface area contributed by atoms with Gasteiger partial charge in [0.25, 0.3) is 0 Å². The predicted octanol–water partition coefficient (Wildman–Crippen LogP) is 3.46. The molecule has 2 aromatic carbocycles. The van der Waals surface area contributed by atoms with Crippen molar-refractivity contribution in [1.29, 1.82) is 0 Å². The number of hydrogen-bond acceptors (Lipinski definition) is 5. The van der Waals surface area contributed by atoms with Crippen LogP contribution in [0.1, 0.15) is 5.69 Å². The van der Waals surface area contributed by atoms with Gasteiger partial charge in [-0.1, -0.05) is 18.2 Å². The van der Waals surface area contributed by atoms with Crippen LogP contribution < -0.4 is 0 Å². The fourth-order valence-corrected chi connectivity index (χ4v) is 5.46. The fraction of sp³-hybridized carbons (Fsp3) is 0.250. The number of nitrogens with zero attached hydrogens (tertiary/aromatic N) is 3. The molecule has 1 saturated heterocycles. The molecular formula is C20H20FN3O2S2. The van der Waals surface area contributed by atoms with Gasteiger partial charge in [0.15, 0.2) is 0 Å². The van der Waals surface area contributed by atoms with E-state index in [2.05, 4.69) is 9.88 Å². The molecule has 0 unspecified atom stereocenters. The third-order valence-corrected chi connectivity index (χ3v) is 7.59. The van der Waals surface area contributed by atoms with Gasteiger partial charge < -0.3 is 0 Å². The monoisotopic (exact) mass is 417 g/mol. The molecule has 4 rings (SSSR count). The van der Waals surface area contributed by atoms with Crippen LogP contribution >= 0.6 is 11.3 Å². The maximum atomic E-state index is 13.1.